The quantitative estimate of drug-likeness (QED) is 0.277. The molecule has 154 valence electrons. The fraction of sp³-hybridized carbons (Fsp3) is 0.737. The Labute approximate surface area is 180 Å². The number of nitrogens with zero attached hydrogens (tertiary/aromatic N) is 4. The first-order valence-electron chi connectivity index (χ1n) is 9.58. The van der Waals surface area contributed by atoms with Crippen LogP contribution in [0.5, 0.6) is 0 Å². The molecule has 1 aromatic rings. The zero-order chi connectivity index (χ0) is 19.2. The van der Waals surface area contributed by atoms with E-state index >= 15 is 0 Å². The normalized spacial score (nSPS) is 17.6. The molecule has 2 rings (SSSR count). The van der Waals surface area contributed by atoms with Crippen LogP contribution in [0.1, 0.15) is 39.7 Å². The monoisotopic (exact) mass is 490 g/mol. The van der Waals surface area contributed by atoms with E-state index in [0.29, 0.717) is 19.0 Å². The molecule has 1 amide bonds. The van der Waals surface area contributed by atoms with Crippen molar-refractivity contribution in [2.75, 3.05) is 32.7 Å². The van der Waals surface area contributed by atoms with Crippen LogP contribution >= 0.6 is 24.0 Å². The highest BCUT2D eigenvalue weighted by Gasteiger charge is 2.25. The van der Waals surface area contributed by atoms with Gasteiger partial charge in [0.15, 0.2) is 5.96 Å². The number of carbonyl (C=O) groups is 1. The number of likely N-dealkylation sites (tertiary alicyclic amines) is 1. The van der Waals surface area contributed by atoms with Gasteiger partial charge in [-0.1, -0.05) is 20.8 Å². The molecule has 1 unspecified atom stereocenters. The van der Waals surface area contributed by atoms with E-state index in [-0.39, 0.29) is 35.3 Å². The van der Waals surface area contributed by atoms with Gasteiger partial charge in [0.2, 0.25) is 5.91 Å². The van der Waals surface area contributed by atoms with Gasteiger partial charge in [0.1, 0.15) is 0 Å². The SMILES string of the molecule is CCNC(=NCCNC(=O)C(C)(C)C)N1CCC(Cc2cnn(C)c2)C1.I. The molecule has 0 aromatic carbocycles. The van der Waals surface area contributed by atoms with Crippen molar-refractivity contribution in [3.63, 3.8) is 0 Å². The Balaban J connectivity index is 0.00000364. The van der Waals surface area contributed by atoms with E-state index in [0.717, 1.165) is 32.0 Å². The first kappa shape index (κ1) is 23.7. The summed E-state index contributed by atoms with van der Waals surface area (Å²) in [5.41, 5.74) is 0.939. The Hall–Kier alpha value is -1.32. The molecule has 0 spiro atoms. The number of amides is 1. The number of guanidine groups is 1. The van der Waals surface area contributed by atoms with Crippen LogP contribution in [0.2, 0.25) is 0 Å². The van der Waals surface area contributed by atoms with Crippen LogP contribution < -0.4 is 10.6 Å². The highest BCUT2D eigenvalue weighted by molar-refractivity contribution is 14.0. The molecule has 1 saturated heterocycles. The van der Waals surface area contributed by atoms with Crippen LogP contribution in [-0.2, 0) is 18.3 Å². The molecule has 7 nitrogen and oxygen atoms in total. The molecule has 1 aromatic heterocycles. The van der Waals surface area contributed by atoms with Crippen molar-refractivity contribution in [1.29, 1.82) is 0 Å². The molecule has 1 aliphatic rings. The molecule has 27 heavy (non-hydrogen) atoms. The van der Waals surface area contributed by atoms with Crippen LogP contribution in [0.3, 0.4) is 0 Å². The third kappa shape index (κ3) is 7.67. The summed E-state index contributed by atoms with van der Waals surface area (Å²) in [6, 6.07) is 0. The van der Waals surface area contributed by atoms with E-state index in [1.807, 2.05) is 38.7 Å². The second kappa shape index (κ2) is 10.9. The summed E-state index contributed by atoms with van der Waals surface area (Å²) in [4.78, 5) is 18.9. The first-order chi connectivity index (χ1) is 12.3. The molecule has 8 heteroatoms. The van der Waals surface area contributed by atoms with Crippen LogP contribution in [0, 0.1) is 11.3 Å². The third-order valence-electron chi connectivity index (χ3n) is 4.54. The van der Waals surface area contributed by atoms with Crippen LogP contribution in [0.4, 0.5) is 0 Å². The molecule has 0 radical (unpaired) electrons. The number of aliphatic imine (C=N–C) groups is 1. The number of aromatic nitrogens is 2. The van der Waals surface area contributed by atoms with Crippen molar-refractivity contribution < 1.29 is 4.79 Å². The zero-order valence-corrected chi connectivity index (χ0v) is 19.6. The van der Waals surface area contributed by atoms with Crippen molar-refractivity contribution in [2.45, 2.75) is 40.5 Å². The zero-order valence-electron chi connectivity index (χ0n) is 17.3. The van der Waals surface area contributed by atoms with Gasteiger partial charge >= 0.3 is 0 Å². The van der Waals surface area contributed by atoms with Crippen molar-refractivity contribution >= 4 is 35.8 Å². The summed E-state index contributed by atoms with van der Waals surface area (Å²) in [6.45, 7) is 11.9. The van der Waals surface area contributed by atoms with Gasteiger partial charge in [-0.2, -0.15) is 5.10 Å². The maximum absolute atomic E-state index is 11.9. The molecule has 1 aliphatic heterocycles. The first-order valence-corrected chi connectivity index (χ1v) is 9.58. The number of nitrogens with one attached hydrogen (secondary N) is 2. The van der Waals surface area contributed by atoms with Gasteiger partial charge in [0, 0.05) is 44.8 Å². The van der Waals surface area contributed by atoms with E-state index in [1.54, 1.807) is 0 Å². The Morgan fingerprint density at radius 3 is 2.70 bits per heavy atom. The number of halogens is 1. The minimum atomic E-state index is -0.358. The van der Waals surface area contributed by atoms with Gasteiger partial charge in [0.05, 0.1) is 12.7 Å². The van der Waals surface area contributed by atoms with Gasteiger partial charge < -0.3 is 15.5 Å². The van der Waals surface area contributed by atoms with Gasteiger partial charge in [-0.05, 0) is 31.2 Å². The summed E-state index contributed by atoms with van der Waals surface area (Å²) in [5.74, 6) is 1.64. The van der Waals surface area contributed by atoms with Gasteiger partial charge in [-0.15, -0.1) is 24.0 Å². The Morgan fingerprint density at radius 1 is 1.37 bits per heavy atom. The predicted octanol–water partition coefficient (Wildman–Crippen LogP) is 2.03. The average molecular weight is 490 g/mol. The molecular weight excluding hydrogens is 455 g/mol. The summed E-state index contributed by atoms with van der Waals surface area (Å²) in [7, 11) is 1.96. The van der Waals surface area contributed by atoms with Crippen molar-refractivity contribution in [3.8, 4) is 0 Å². The lowest BCUT2D eigenvalue weighted by Gasteiger charge is -2.22. The van der Waals surface area contributed by atoms with E-state index < -0.39 is 0 Å². The Kier molecular flexibility index (Phi) is 9.55. The Bertz CT molecular complexity index is 622. The molecule has 1 atom stereocenters. The smallest absolute Gasteiger partial charge is 0.225 e. The predicted molar refractivity (Wildman–Crippen MR) is 120 cm³/mol. The lowest BCUT2D eigenvalue weighted by molar-refractivity contribution is -0.128. The van der Waals surface area contributed by atoms with Gasteiger partial charge in [0.25, 0.3) is 0 Å². The number of carbonyl (C=O) groups excluding carboxylic acids is 1. The maximum atomic E-state index is 11.9. The summed E-state index contributed by atoms with van der Waals surface area (Å²) in [6.07, 6.45) is 6.28. The number of rotatable bonds is 6. The minimum absolute atomic E-state index is 0. The highest BCUT2D eigenvalue weighted by Crippen LogP contribution is 2.20. The molecule has 1 fully saturated rings. The lowest BCUT2D eigenvalue weighted by atomic mass is 9.96. The van der Waals surface area contributed by atoms with Gasteiger partial charge in [-0.25, -0.2) is 0 Å². The number of hydrogen-bond donors (Lipinski definition) is 2. The third-order valence-corrected chi connectivity index (χ3v) is 4.54. The van der Waals surface area contributed by atoms with Crippen molar-refractivity contribution in [3.05, 3.63) is 18.0 Å². The molecule has 0 bridgehead atoms. The second-order valence-electron chi connectivity index (χ2n) is 8.07. The largest absolute Gasteiger partial charge is 0.357 e. The van der Waals surface area contributed by atoms with E-state index in [9.17, 15) is 4.79 Å². The molecule has 0 saturated carbocycles. The topological polar surface area (TPSA) is 74.6 Å². The summed E-state index contributed by atoms with van der Waals surface area (Å²) in [5, 5.41) is 10.6. The number of aryl methyl sites for hydroxylation is 1. The van der Waals surface area contributed by atoms with Crippen LogP contribution in [0.15, 0.2) is 17.4 Å². The fourth-order valence-electron chi connectivity index (χ4n) is 3.12. The van der Waals surface area contributed by atoms with E-state index in [4.69, 9.17) is 4.99 Å². The molecule has 2 N–H and O–H groups in total. The van der Waals surface area contributed by atoms with Crippen molar-refractivity contribution in [2.24, 2.45) is 23.4 Å². The summed E-state index contributed by atoms with van der Waals surface area (Å²) >= 11 is 0. The van der Waals surface area contributed by atoms with Gasteiger partial charge in [-0.3, -0.25) is 14.5 Å². The van der Waals surface area contributed by atoms with E-state index in [2.05, 4.69) is 33.8 Å². The maximum Gasteiger partial charge on any atom is 0.225 e. The van der Waals surface area contributed by atoms with Crippen LogP contribution in [0.25, 0.3) is 0 Å². The highest BCUT2D eigenvalue weighted by atomic mass is 127. The van der Waals surface area contributed by atoms with E-state index in [1.165, 1.54) is 12.0 Å². The molecule has 0 aliphatic carbocycles. The summed E-state index contributed by atoms with van der Waals surface area (Å²) < 4.78 is 1.86. The van der Waals surface area contributed by atoms with Crippen molar-refractivity contribution in [1.82, 2.24) is 25.3 Å². The standard InChI is InChI=1S/C19H34N6O.HI/c1-6-20-18(22-9-8-21-17(26)19(2,3)4)25-10-7-15(14-25)11-16-12-23-24(5)13-16;/h12-13,15H,6-11,14H2,1-5H3,(H,20,22)(H,21,26);1H. The molecular formula is C19H35IN6O. The minimum Gasteiger partial charge on any atom is -0.357 e. The van der Waals surface area contributed by atoms with Crippen LogP contribution in [-0.4, -0.2) is 59.3 Å². The lowest BCUT2D eigenvalue weighted by Crippen LogP contribution is -2.41. The fourth-order valence-corrected chi connectivity index (χ4v) is 3.12. The molecule has 2 heterocycles. The Morgan fingerprint density at radius 2 is 2.11 bits per heavy atom. The number of hydrogen-bond acceptors (Lipinski definition) is 3. The second-order valence-corrected chi connectivity index (χ2v) is 8.07. The average Bonchev–Trinajstić information content (AvgIpc) is 3.18.